The fraction of sp³-hybridized carbons (Fsp3) is 0.158. The summed E-state index contributed by atoms with van der Waals surface area (Å²) in [5, 5.41) is 4.96. The average Bonchev–Trinajstić information content (AvgIpc) is 3.14. The van der Waals surface area contributed by atoms with E-state index in [9.17, 15) is 4.79 Å². The number of hydrogen-bond donors (Lipinski definition) is 1. The van der Waals surface area contributed by atoms with Crippen LogP contribution in [0.3, 0.4) is 0 Å². The minimum Gasteiger partial charge on any atom is -0.497 e. The van der Waals surface area contributed by atoms with E-state index in [-0.39, 0.29) is 17.6 Å². The number of nitrogens with zero attached hydrogens (tertiary/aromatic N) is 6. The Balaban J connectivity index is 1.30. The predicted molar refractivity (Wildman–Crippen MR) is 187 cm³/mol. The standard InChI is InChI=1S/C38H33N7O3/c1-24(42-36-35-31(13-8-20-39-35)43-33(44-36)19-16-25-14-17-29(47-2)18-15-25)32-21-26-9-7-12-30(27-22-40-38(48-3)41-23-27)34(26)37(46)45(32)28-10-5-4-6-11-28/h4-15,17-18,20-24H,16,19H2,1-3H3,(H,42,43,44)/t24-/m0/s1. The van der Waals surface area contributed by atoms with Gasteiger partial charge in [0.05, 0.1) is 31.2 Å². The van der Waals surface area contributed by atoms with Crippen LogP contribution in [-0.4, -0.2) is 43.7 Å². The summed E-state index contributed by atoms with van der Waals surface area (Å²) >= 11 is 0. The third-order valence-corrected chi connectivity index (χ3v) is 8.31. The molecular formula is C38H33N7O3. The lowest BCUT2D eigenvalue weighted by atomic mass is 9.99. The van der Waals surface area contributed by atoms with Crippen molar-refractivity contribution in [2.24, 2.45) is 0 Å². The van der Waals surface area contributed by atoms with Gasteiger partial charge in [0.25, 0.3) is 5.56 Å². The third-order valence-electron chi connectivity index (χ3n) is 8.31. The zero-order valence-corrected chi connectivity index (χ0v) is 26.8. The van der Waals surface area contributed by atoms with E-state index in [1.165, 1.54) is 7.11 Å². The Hall–Kier alpha value is -6.16. The number of benzene rings is 3. The number of fused-ring (bicyclic) bond motifs is 2. The molecule has 0 amide bonds. The van der Waals surface area contributed by atoms with Gasteiger partial charge in [0, 0.05) is 42.0 Å². The van der Waals surface area contributed by atoms with Crippen LogP contribution in [0.1, 0.15) is 30.0 Å². The first-order chi connectivity index (χ1) is 23.5. The zero-order valence-electron chi connectivity index (χ0n) is 26.8. The van der Waals surface area contributed by atoms with Gasteiger partial charge in [-0.15, -0.1) is 0 Å². The van der Waals surface area contributed by atoms with Crippen molar-refractivity contribution >= 4 is 27.6 Å². The van der Waals surface area contributed by atoms with Gasteiger partial charge in [-0.1, -0.05) is 48.5 Å². The second kappa shape index (κ2) is 13.3. The minimum absolute atomic E-state index is 0.153. The number of para-hydroxylation sites is 1. The van der Waals surface area contributed by atoms with Crippen molar-refractivity contribution in [3.8, 4) is 28.6 Å². The Morgan fingerprint density at radius 3 is 2.35 bits per heavy atom. The predicted octanol–water partition coefficient (Wildman–Crippen LogP) is 6.76. The first-order valence-electron chi connectivity index (χ1n) is 15.6. The minimum atomic E-state index is -0.343. The van der Waals surface area contributed by atoms with Gasteiger partial charge in [-0.3, -0.25) is 14.3 Å². The Morgan fingerprint density at radius 1 is 0.812 bits per heavy atom. The molecule has 10 heteroatoms. The van der Waals surface area contributed by atoms with Crippen LogP contribution in [0.15, 0.2) is 114 Å². The molecule has 3 aromatic carbocycles. The highest BCUT2D eigenvalue weighted by Gasteiger charge is 2.21. The summed E-state index contributed by atoms with van der Waals surface area (Å²) in [7, 11) is 3.18. The average molecular weight is 636 g/mol. The SMILES string of the molecule is COc1ccc(CCc2nc(N[C@@H](C)c3cc4cccc(-c5cnc(OC)nc5)c4c(=O)n3-c3ccccc3)c3ncccc3n2)cc1. The molecule has 0 radical (unpaired) electrons. The van der Waals surface area contributed by atoms with Gasteiger partial charge in [-0.25, -0.2) is 19.9 Å². The number of nitrogens with one attached hydrogen (secondary N) is 1. The summed E-state index contributed by atoms with van der Waals surface area (Å²) in [5.41, 5.74) is 5.40. The molecule has 0 aliphatic heterocycles. The highest BCUT2D eigenvalue weighted by atomic mass is 16.5. The van der Waals surface area contributed by atoms with E-state index in [0.717, 1.165) is 51.1 Å². The van der Waals surface area contributed by atoms with E-state index in [1.54, 1.807) is 30.3 Å². The van der Waals surface area contributed by atoms with E-state index in [0.29, 0.717) is 29.0 Å². The molecule has 10 nitrogen and oxygen atoms in total. The fourth-order valence-corrected chi connectivity index (χ4v) is 5.90. The lowest BCUT2D eigenvalue weighted by Gasteiger charge is -2.22. The van der Waals surface area contributed by atoms with Crippen LogP contribution in [0.25, 0.3) is 38.6 Å². The summed E-state index contributed by atoms with van der Waals surface area (Å²) in [5.74, 6) is 2.13. The van der Waals surface area contributed by atoms with Crippen LogP contribution in [0.5, 0.6) is 11.8 Å². The number of aryl methyl sites for hydroxylation is 2. The largest absolute Gasteiger partial charge is 0.497 e. The van der Waals surface area contributed by atoms with Gasteiger partial charge in [0.15, 0.2) is 5.82 Å². The summed E-state index contributed by atoms with van der Waals surface area (Å²) in [4.78, 5) is 37.5. The normalized spacial score (nSPS) is 11.8. The molecule has 0 aliphatic rings. The Labute approximate surface area is 277 Å². The van der Waals surface area contributed by atoms with Gasteiger partial charge in [0.2, 0.25) is 0 Å². The van der Waals surface area contributed by atoms with Crippen LogP contribution in [-0.2, 0) is 12.8 Å². The molecule has 7 rings (SSSR count). The molecule has 0 fully saturated rings. The van der Waals surface area contributed by atoms with Crippen molar-refractivity contribution in [3.63, 3.8) is 0 Å². The molecule has 4 aromatic heterocycles. The number of ether oxygens (including phenoxy) is 2. The second-order valence-corrected chi connectivity index (χ2v) is 11.3. The number of rotatable bonds is 10. The maximum absolute atomic E-state index is 14.6. The van der Waals surface area contributed by atoms with E-state index < -0.39 is 0 Å². The maximum Gasteiger partial charge on any atom is 0.316 e. The van der Waals surface area contributed by atoms with Gasteiger partial charge in [0.1, 0.15) is 17.1 Å². The fourth-order valence-electron chi connectivity index (χ4n) is 5.90. The second-order valence-electron chi connectivity index (χ2n) is 11.3. The maximum atomic E-state index is 14.6. The van der Waals surface area contributed by atoms with Crippen LogP contribution in [0.4, 0.5) is 5.82 Å². The third kappa shape index (κ3) is 6.03. The monoisotopic (exact) mass is 635 g/mol. The lowest BCUT2D eigenvalue weighted by Crippen LogP contribution is -2.26. The molecule has 48 heavy (non-hydrogen) atoms. The number of hydrogen-bond acceptors (Lipinski definition) is 9. The molecule has 1 atom stereocenters. The van der Waals surface area contributed by atoms with Crippen molar-refractivity contribution in [1.82, 2.24) is 29.5 Å². The molecule has 238 valence electrons. The summed E-state index contributed by atoms with van der Waals surface area (Å²) < 4.78 is 12.2. The highest BCUT2D eigenvalue weighted by molar-refractivity contribution is 5.96. The number of aromatic nitrogens is 6. The first kappa shape index (κ1) is 30.5. The van der Waals surface area contributed by atoms with Gasteiger partial charge >= 0.3 is 6.01 Å². The van der Waals surface area contributed by atoms with Crippen molar-refractivity contribution in [1.29, 1.82) is 0 Å². The molecular weight excluding hydrogens is 602 g/mol. The Bertz CT molecular complexity index is 2270. The van der Waals surface area contributed by atoms with E-state index in [2.05, 4.69) is 38.5 Å². The van der Waals surface area contributed by atoms with Crippen LogP contribution >= 0.6 is 0 Å². The molecule has 4 heterocycles. The number of pyridine rings is 2. The summed E-state index contributed by atoms with van der Waals surface area (Å²) in [6, 6.07) is 29.3. The smallest absolute Gasteiger partial charge is 0.316 e. The van der Waals surface area contributed by atoms with Crippen LogP contribution in [0.2, 0.25) is 0 Å². The number of methoxy groups -OCH3 is 2. The van der Waals surface area contributed by atoms with Crippen LogP contribution in [0, 0.1) is 0 Å². The summed E-state index contributed by atoms with van der Waals surface area (Å²) in [6.45, 7) is 2.02. The molecule has 0 bridgehead atoms. The van der Waals surface area contributed by atoms with Crippen molar-refractivity contribution in [3.05, 3.63) is 137 Å². The first-order valence-corrected chi connectivity index (χ1v) is 15.6. The van der Waals surface area contributed by atoms with Crippen molar-refractivity contribution < 1.29 is 9.47 Å². The molecule has 0 saturated heterocycles. The van der Waals surface area contributed by atoms with E-state index >= 15 is 0 Å². The van der Waals surface area contributed by atoms with Gasteiger partial charge < -0.3 is 14.8 Å². The Morgan fingerprint density at radius 2 is 1.60 bits per heavy atom. The van der Waals surface area contributed by atoms with Crippen LogP contribution < -0.4 is 20.3 Å². The molecule has 1 N–H and O–H groups in total. The molecule has 0 aliphatic carbocycles. The lowest BCUT2D eigenvalue weighted by molar-refractivity contribution is 0.380. The number of anilines is 1. The van der Waals surface area contributed by atoms with Gasteiger partial charge in [-0.05, 0) is 72.3 Å². The Kier molecular flexibility index (Phi) is 8.44. The van der Waals surface area contributed by atoms with Crippen molar-refractivity contribution in [2.45, 2.75) is 25.8 Å². The highest BCUT2D eigenvalue weighted by Crippen LogP contribution is 2.31. The molecule has 0 spiro atoms. The molecule has 7 aromatic rings. The van der Waals surface area contributed by atoms with E-state index in [4.69, 9.17) is 19.4 Å². The quantitative estimate of drug-likeness (QED) is 0.174. The van der Waals surface area contributed by atoms with Gasteiger partial charge in [-0.2, -0.15) is 0 Å². The topological polar surface area (TPSA) is 117 Å². The van der Waals surface area contributed by atoms with E-state index in [1.807, 2.05) is 79.7 Å². The van der Waals surface area contributed by atoms with Crippen molar-refractivity contribution in [2.75, 3.05) is 19.5 Å². The molecule has 0 saturated carbocycles. The zero-order chi connectivity index (χ0) is 33.0. The summed E-state index contributed by atoms with van der Waals surface area (Å²) in [6.07, 6.45) is 6.49. The molecule has 0 unspecified atom stereocenters.